The van der Waals surface area contributed by atoms with Gasteiger partial charge in [0.05, 0.1) is 5.41 Å². The molecule has 0 aromatic heterocycles. The van der Waals surface area contributed by atoms with Crippen LogP contribution in [0, 0.1) is 24.7 Å². The summed E-state index contributed by atoms with van der Waals surface area (Å²) in [6.45, 7) is 9.82. The van der Waals surface area contributed by atoms with Crippen LogP contribution in [0.2, 0.25) is 0 Å². The fourth-order valence-corrected chi connectivity index (χ4v) is 7.47. The standard InChI is InChI=1S/C22H29O4S/c1-14-12-16(27-10-6-7-11-27)13-15(2)17(14)25-19(24)22-9-8-21(5,18(23)26-22)20(22,3)4/h12-13H,6-11H2,1-5H3/q+1. The Morgan fingerprint density at radius 2 is 1.67 bits per heavy atom. The number of carbonyl (C=O) groups is 2. The molecule has 2 heterocycles. The van der Waals surface area contributed by atoms with Crippen LogP contribution in [0.4, 0.5) is 0 Å². The predicted octanol–water partition coefficient (Wildman–Crippen LogP) is 4.10. The zero-order chi connectivity index (χ0) is 19.6. The van der Waals surface area contributed by atoms with Gasteiger partial charge in [-0.1, -0.05) is 13.8 Å². The first-order valence-corrected chi connectivity index (χ1v) is 11.4. The Bertz CT molecular complexity index is 801. The first-order valence-electron chi connectivity index (χ1n) is 9.87. The van der Waals surface area contributed by atoms with Crippen LogP contribution in [-0.4, -0.2) is 29.0 Å². The molecule has 2 saturated heterocycles. The molecule has 4 nitrogen and oxygen atoms in total. The van der Waals surface area contributed by atoms with Crippen LogP contribution in [0.1, 0.15) is 57.6 Å². The molecule has 27 heavy (non-hydrogen) atoms. The lowest BCUT2D eigenvalue weighted by atomic mass is 9.66. The van der Waals surface area contributed by atoms with E-state index >= 15 is 0 Å². The largest absolute Gasteiger partial charge is 0.446 e. The minimum absolute atomic E-state index is 0.276. The van der Waals surface area contributed by atoms with Crippen molar-refractivity contribution >= 4 is 22.8 Å². The number of carbonyl (C=O) groups excluding carboxylic acids is 2. The summed E-state index contributed by atoms with van der Waals surface area (Å²) >= 11 is 0. The normalized spacial score (nSPS) is 32.0. The van der Waals surface area contributed by atoms with E-state index in [1.807, 2.05) is 34.6 Å². The van der Waals surface area contributed by atoms with Gasteiger partial charge in [-0.25, -0.2) is 4.79 Å². The number of aryl methyl sites for hydroxylation is 2. The second kappa shape index (κ2) is 6.00. The van der Waals surface area contributed by atoms with Crippen molar-refractivity contribution in [3.63, 3.8) is 0 Å². The second-order valence-electron chi connectivity index (χ2n) is 9.06. The lowest BCUT2D eigenvalue weighted by molar-refractivity contribution is -0.176. The lowest BCUT2D eigenvalue weighted by Gasteiger charge is -2.34. The van der Waals surface area contributed by atoms with E-state index in [1.54, 1.807) is 0 Å². The van der Waals surface area contributed by atoms with Gasteiger partial charge in [-0.05, 0) is 69.7 Å². The van der Waals surface area contributed by atoms with Crippen molar-refractivity contribution in [1.82, 2.24) is 0 Å². The molecular formula is C22H29O4S+. The number of esters is 2. The van der Waals surface area contributed by atoms with E-state index in [0.29, 0.717) is 29.5 Å². The Kier molecular flexibility index (Phi) is 4.19. The molecule has 2 unspecified atom stereocenters. The van der Waals surface area contributed by atoms with Gasteiger partial charge < -0.3 is 9.47 Å². The predicted molar refractivity (Wildman–Crippen MR) is 106 cm³/mol. The zero-order valence-corrected chi connectivity index (χ0v) is 17.8. The van der Waals surface area contributed by atoms with Crippen LogP contribution >= 0.6 is 0 Å². The highest BCUT2D eigenvalue weighted by atomic mass is 32.2. The van der Waals surface area contributed by atoms with Gasteiger partial charge in [-0.3, -0.25) is 4.79 Å². The van der Waals surface area contributed by atoms with E-state index in [2.05, 4.69) is 12.1 Å². The fraction of sp³-hybridized carbons (Fsp3) is 0.636. The summed E-state index contributed by atoms with van der Waals surface area (Å²) < 4.78 is 11.6. The van der Waals surface area contributed by atoms with E-state index < -0.39 is 22.4 Å². The molecule has 2 aliphatic heterocycles. The minimum atomic E-state index is -1.18. The summed E-state index contributed by atoms with van der Waals surface area (Å²) in [5.74, 6) is 2.45. The van der Waals surface area contributed by atoms with Gasteiger partial charge in [0.15, 0.2) is 4.90 Å². The molecule has 0 amide bonds. The molecule has 1 aliphatic carbocycles. The molecule has 0 radical (unpaired) electrons. The monoisotopic (exact) mass is 389 g/mol. The van der Waals surface area contributed by atoms with E-state index in [4.69, 9.17) is 9.47 Å². The number of hydrogen-bond acceptors (Lipinski definition) is 4. The van der Waals surface area contributed by atoms with Gasteiger partial charge in [0.25, 0.3) is 0 Å². The Balaban J connectivity index is 1.63. The Hall–Kier alpha value is -1.49. The highest BCUT2D eigenvalue weighted by molar-refractivity contribution is 7.97. The van der Waals surface area contributed by atoms with E-state index in [1.165, 1.54) is 29.2 Å². The molecule has 146 valence electrons. The van der Waals surface area contributed by atoms with Crippen molar-refractivity contribution in [2.24, 2.45) is 10.8 Å². The summed E-state index contributed by atoms with van der Waals surface area (Å²) in [6, 6.07) is 4.35. The van der Waals surface area contributed by atoms with Gasteiger partial charge in [0.1, 0.15) is 17.3 Å². The Morgan fingerprint density at radius 1 is 1.07 bits per heavy atom. The summed E-state index contributed by atoms with van der Waals surface area (Å²) in [4.78, 5) is 27.1. The summed E-state index contributed by atoms with van der Waals surface area (Å²) in [5.41, 5.74) is -0.414. The summed E-state index contributed by atoms with van der Waals surface area (Å²) in [6.07, 6.45) is 3.80. The third-order valence-corrected chi connectivity index (χ3v) is 9.87. The van der Waals surface area contributed by atoms with Gasteiger partial charge in [-0.15, -0.1) is 0 Å². The Labute approximate surface area is 164 Å². The maximum Gasteiger partial charge on any atom is 0.356 e. The molecule has 2 atom stereocenters. The van der Waals surface area contributed by atoms with E-state index in [0.717, 1.165) is 11.1 Å². The number of ether oxygens (including phenoxy) is 2. The quantitative estimate of drug-likeness (QED) is 0.444. The first-order chi connectivity index (χ1) is 12.6. The van der Waals surface area contributed by atoms with Gasteiger partial charge in [0, 0.05) is 16.3 Å². The highest BCUT2D eigenvalue weighted by Crippen LogP contribution is 2.65. The molecule has 3 aliphatic rings. The average molecular weight is 390 g/mol. The number of fused-ring (bicyclic) bond motifs is 2. The third kappa shape index (κ3) is 2.43. The van der Waals surface area contributed by atoms with E-state index in [9.17, 15) is 9.59 Å². The van der Waals surface area contributed by atoms with Crippen molar-refractivity contribution in [3.05, 3.63) is 23.3 Å². The van der Waals surface area contributed by atoms with Crippen LogP contribution in [-0.2, 0) is 25.2 Å². The molecule has 1 aromatic carbocycles. The minimum Gasteiger partial charge on any atom is -0.446 e. The van der Waals surface area contributed by atoms with Crippen molar-refractivity contribution in [2.45, 2.75) is 70.8 Å². The van der Waals surface area contributed by atoms with Crippen LogP contribution in [0.3, 0.4) is 0 Å². The topological polar surface area (TPSA) is 52.6 Å². The van der Waals surface area contributed by atoms with Gasteiger partial charge >= 0.3 is 11.9 Å². The molecule has 1 saturated carbocycles. The maximum atomic E-state index is 13.2. The Morgan fingerprint density at radius 3 is 2.15 bits per heavy atom. The molecular weight excluding hydrogens is 360 g/mol. The summed E-state index contributed by atoms with van der Waals surface area (Å²) in [5, 5.41) is 0. The van der Waals surface area contributed by atoms with Crippen molar-refractivity contribution in [2.75, 3.05) is 11.5 Å². The molecule has 2 bridgehead atoms. The smallest absolute Gasteiger partial charge is 0.356 e. The SMILES string of the molecule is Cc1cc([S+]2CCCC2)cc(C)c1OC(=O)C12CCC(C)(C(=O)O1)C2(C)C. The van der Waals surface area contributed by atoms with Crippen LogP contribution in [0.15, 0.2) is 17.0 Å². The van der Waals surface area contributed by atoms with Crippen LogP contribution < -0.4 is 4.74 Å². The van der Waals surface area contributed by atoms with Gasteiger partial charge in [0.2, 0.25) is 5.60 Å². The number of rotatable bonds is 3. The first kappa shape index (κ1) is 18.9. The number of hydrogen-bond donors (Lipinski definition) is 0. The third-order valence-electron chi connectivity index (χ3n) is 7.41. The van der Waals surface area contributed by atoms with Crippen molar-refractivity contribution < 1.29 is 19.1 Å². The number of benzene rings is 1. The van der Waals surface area contributed by atoms with Crippen LogP contribution in [0.25, 0.3) is 0 Å². The average Bonchev–Trinajstić information content (AvgIpc) is 3.23. The van der Waals surface area contributed by atoms with Crippen molar-refractivity contribution in [1.29, 1.82) is 0 Å². The highest BCUT2D eigenvalue weighted by Gasteiger charge is 2.76. The molecule has 3 fully saturated rings. The molecule has 5 heteroatoms. The lowest BCUT2D eigenvalue weighted by Crippen LogP contribution is -2.50. The maximum absolute atomic E-state index is 13.2. The zero-order valence-electron chi connectivity index (χ0n) is 16.9. The van der Waals surface area contributed by atoms with Crippen molar-refractivity contribution in [3.8, 4) is 5.75 Å². The van der Waals surface area contributed by atoms with E-state index in [-0.39, 0.29) is 5.97 Å². The second-order valence-corrected chi connectivity index (χ2v) is 11.3. The van der Waals surface area contributed by atoms with Crippen LogP contribution in [0.5, 0.6) is 5.75 Å². The molecule has 0 N–H and O–H groups in total. The molecule has 0 spiro atoms. The molecule has 1 aromatic rings. The van der Waals surface area contributed by atoms with Gasteiger partial charge in [-0.2, -0.15) is 0 Å². The summed E-state index contributed by atoms with van der Waals surface area (Å²) in [7, 11) is 0.330. The fourth-order valence-electron chi connectivity index (χ4n) is 5.01. The molecule has 4 rings (SSSR count).